The van der Waals surface area contributed by atoms with Gasteiger partial charge in [0, 0.05) is 30.1 Å². The third-order valence-corrected chi connectivity index (χ3v) is 7.40. The number of methoxy groups -OCH3 is 3. The molecular weight excluding hydrogens is 496 g/mol. The second kappa shape index (κ2) is 11.9. The number of hydrogen-bond acceptors (Lipinski definition) is 8. The molecule has 1 N–H and O–H groups in total. The Morgan fingerprint density at radius 3 is 2.28 bits per heavy atom. The van der Waals surface area contributed by atoms with Crippen LogP contribution >= 0.6 is 0 Å². The summed E-state index contributed by atoms with van der Waals surface area (Å²) in [5, 5.41) is 13.7. The minimum absolute atomic E-state index is 0.131. The molecule has 1 unspecified atom stereocenters. The Balaban J connectivity index is 1.78. The van der Waals surface area contributed by atoms with E-state index in [2.05, 4.69) is 53.1 Å². The van der Waals surface area contributed by atoms with Gasteiger partial charge in [-0.05, 0) is 66.9 Å². The smallest absolute Gasteiger partial charge is 0.252 e. The largest absolute Gasteiger partial charge is 0.497 e. The summed E-state index contributed by atoms with van der Waals surface area (Å²) < 4.78 is 18.2. The summed E-state index contributed by atoms with van der Waals surface area (Å²) in [6, 6.07) is 13.4. The highest BCUT2D eigenvalue weighted by Gasteiger charge is 2.31. The fourth-order valence-corrected chi connectivity index (χ4v) is 4.74. The lowest BCUT2D eigenvalue weighted by atomic mass is 10.0. The Kier molecular flexibility index (Phi) is 8.54. The highest BCUT2D eigenvalue weighted by Crippen LogP contribution is 2.33. The SMILES string of the molecule is CCC(c1nnnn1C(C)(C)CC)N(Cc1ccc(OC)cc1)Cc1cc2cc(OC)c(OC)cc2[nH]c1=O. The van der Waals surface area contributed by atoms with Gasteiger partial charge in [0.15, 0.2) is 17.3 Å². The van der Waals surface area contributed by atoms with Crippen molar-refractivity contribution in [2.75, 3.05) is 21.3 Å². The van der Waals surface area contributed by atoms with Crippen molar-refractivity contribution in [3.05, 3.63) is 69.8 Å². The topological polar surface area (TPSA) is 107 Å². The molecule has 0 bridgehead atoms. The second-order valence-electron chi connectivity index (χ2n) is 10.2. The fourth-order valence-electron chi connectivity index (χ4n) is 4.74. The van der Waals surface area contributed by atoms with Crippen molar-refractivity contribution in [1.29, 1.82) is 0 Å². The Morgan fingerprint density at radius 2 is 1.67 bits per heavy atom. The van der Waals surface area contributed by atoms with E-state index in [1.165, 1.54) is 0 Å². The van der Waals surface area contributed by atoms with Crippen molar-refractivity contribution in [1.82, 2.24) is 30.1 Å². The van der Waals surface area contributed by atoms with Gasteiger partial charge in [0.05, 0.1) is 38.4 Å². The molecule has 0 amide bonds. The van der Waals surface area contributed by atoms with Gasteiger partial charge in [-0.1, -0.05) is 26.0 Å². The lowest BCUT2D eigenvalue weighted by Gasteiger charge is -2.33. The fraction of sp³-hybridized carbons (Fsp3) is 0.448. The van der Waals surface area contributed by atoms with E-state index in [0.29, 0.717) is 35.7 Å². The van der Waals surface area contributed by atoms with Gasteiger partial charge in [-0.3, -0.25) is 9.69 Å². The van der Waals surface area contributed by atoms with Gasteiger partial charge < -0.3 is 19.2 Å². The van der Waals surface area contributed by atoms with Gasteiger partial charge in [-0.25, -0.2) is 4.68 Å². The molecule has 39 heavy (non-hydrogen) atoms. The van der Waals surface area contributed by atoms with Crippen LogP contribution in [-0.2, 0) is 18.6 Å². The molecule has 10 nitrogen and oxygen atoms in total. The molecule has 208 valence electrons. The number of nitrogens with zero attached hydrogens (tertiary/aromatic N) is 5. The number of rotatable bonds is 12. The Morgan fingerprint density at radius 1 is 0.974 bits per heavy atom. The summed E-state index contributed by atoms with van der Waals surface area (Å²) in [4.78, 5) is 18.6. The first-order valence-corrected chi connectivity index (χ1v) is 13.2. The van der Waals surface area contributed by atoms with Crippen molar-refractivity contribution in [2.45, 2.75) is 65.2 Å². The Hall–Kier alpha value is -3.92. The molecule has 4 rings (SSSR count). The van der Waals surface area contributed by atoms with Crippen LogP contribution in [0, 0.1) is 0 Å². The monoisotopic (exact) mass is 534 g/mol. The average molecular weight is 535 g/mol. The number of nitrogens with one attached hydrogen (secondary N) is 1. The van der Waals surface area contributed by atoms with Crippen LogP contribution in [0.3, 0.4) is 0 Å². The van der Waals surface area contributed by atoms with Crippen molar-refractivity contribution in [2.24, 2.45) is 0 Å². The molecule has 0 radical (unpaired) electrons. The van der Waals surface area contributed by atoms with Crippen LogP contribution in [0.4, 0.5) is 0 Å². The summed E-state index contributed by atoms with van der Waals surface area (Å²) in [5.41, 5.74) is 2.00. The van der Waals surface area contributed by atoms with Gasteiger partial charge in [0.25, 0.3) is 5.56 Å². The van der Waals surface area contributed by atoms with Crippen molar-refractivity contribution in [3.8, 4) is 17.2 Å². The second-order valence-corrected chi connectivity index (χ2v) is 10.2. The number of ether oxygens (including phenoxy) is 3. The number of pyridine rings is 1. The van der Waals surface area contributed by atoms with Gasteiger partial charge in [0.1, 0.15) is 5.75 Å². The molecular formula is C29H38N6O4. The lowest BCUT2D eigenvalue weighted by molar-refractivity contribution is 0.150. The highest BCUT2D eigenvalue weighted by molar-refractivity contribution is 5.83. The number of aromatic amines is 1. The van der Waals surface area contributed by atoms with E-state index in [4.69, 9.17) is 14.2 Å². The predicted molar refractivity (Wildman–Crippen MR) is 150 cm³/mol. The number of aromatic nitrogens is 5. The minimum atomic E-state index is -0.256. The van der Waals surface area contributed by atoms with E-state index in [0.717, 1.165) is 35.4 Å². The number of tetrazole rings is 1. The minimum Gasteiger partial charge on any atom is -0.497 e. The first-order chi connectivity index (χ1) is 18.7. The van der Waals surface area contributed by atoms with Crippen molar-refractivity contribution < 1.29 is 14.2 Å². The molecule has 2 aromatic heterocycles. The molecule has 0 aliphatic carbocycles. The predicted octanol–water partition coefficient (Wildman–Crippen LogP) is 4.84. The molecule has 4 aromatic rings. The summed E-state index contributed by atoms with van der Waals surface area (Å²) in [6.07, 6.45) is 1.63. The maximum absolute atomic E-state index is 13.3. The van der Waals surface area contributed by atoms with Crippen LogP contribution in [-0.4, -0.2) is 51.4 Å². The zero-order chi connectivity index (χ0) is 28.2. The van der Waals surface area contributed by atoms with Crippen LogP contribution in [0.1, 0.15) is 63.5 Å². The molecule has 0 spiro atoms. The van der Waals surface area contributed by atoms with Crippen molar-refractivity contribution >= 4 is 10.9 Å². The molecule has 0 fully saturated rings. The van der Waals surface area contributed by atoms with Gasteiger partial charge in [-0.15, -0.1) is 5.10 Å². The lowest BCUT2D eigenvalue weighted by Crippen LogP contribution is -2.36. The highest BCUT2D eigenvalue weighted by atomic mass is 16.5. The van der Waals surface area contributed by atoms with Gasteiger partial charge in [-0.2, -0.15) is 0 Å². The maximum Gasteiger partial charge on any atom is 0.252 e. The third kappa shape index (κ3) is 5.90. The summed E-state index contributed by atoms with van der Waals surface area (Å²) >= 11 is 0. The van der Waals surface area contributed by atoms with E-state index in [1.807, 2.05) is 41.1 Å². The van der Waals surface area contributed by atoms with Crippen LogP contribution < -0.4 is 19.8 Å². The number of hydrogen-bond donors (Lipinski definition) is 1. The molecule has 0 saturated heterocycles. The van der Waals surface area contributed by atoms with Gasteiger partial charge in [0.2, 0.25) is 0 Å². The van der Waals surface area contributed by atoms with Crippen molar-refractivity contribution in [3.63, 3.8) is 0 Å². The average Bonchev–Trinajstić information content (AvgIpc) is 3.44. The zero-order valence-corrected chi connectivity index (χ0v) is 23.8. The molecule has 2 heterocycles. The van der Waals surface area contributed by atoms with E-state index in [-0.39, 0.29) is 17.1 Å². The summed E-state index contributed by atoms with van der Waals surface area (Å²) in [6.45, 7) is 9.48. The number of fused-ring (bicyclic) bond motifs is 1. The van der Waals surface area contributed by atoms with E-state index < -0.39 is 0 Å². The molecule has 0 aliphatic heterocycles. The Bertz CT molecular complexity index is 1460. The van der Waals surface area contributed by atoms with E-state index in [1.54, 1.807) is 27.4 Å². The summed E-state index contributed by atoms with van der Waals surface area (Å²) in [5.74, 6) is 2.74. The quantitative estimate of drug-likeness (QED) is 0.275. The normalized spacial score (nSPS) is 12.6. The summed E-state index contributed by atoms with van der Waals surface area (Å²) in [7, 11) is 4.83. The Labute approximate surface area is 228 Å². The standard InChI is InChI=1S/C29H38N6O4/c1-8-24(27-31-32-33-35(27)29(3,4)9-2)34(17-19-10-12-22(37-5)13-11-19)18-21-14-20-15-25(38-6)26(39-7)16-23(20)30-28(21)36/h10-16,24H,8-9,17-18H2,1-7H3,(H,30,36). The van der Waals surface area contributed by atoms with Crippen LogP contribution in [0.2, 0.25) is 0 Å². The molecule has 2 aromatic carbocycles. The molecule has 0 aliphatic rings. The van der Waals surface area contributed by atoms with Crippen LogP contribution in [0.25, 0.3) is 10.9 Å². The van der Waals surface area contributed by atoms with E-state index >= 15 is 0 Å². The molecule has 10 heteroatoms. The van der Waals surface area contributed by atoms with E-state index in [9.17, 15) is 4.79 Å². The third-order valence-electron chi connectivity index (χ3n) is 7.40. The zero-order valence-electron chi connectivity index (χ0n) is 23.8. The van der Waals surface area contributed by atoms with Gasteiger partial charge >= 0.3 is 0 Å². The first kappa shape index (κ1) is 28.1. The first-order valence-electron chi connectivity index (χ1n) is 13.2. The number of H-pyrrole nitrogens is 1. The van der Waals surface area contributed by atoms with Crippen LogP contribution in [0.15, 0.2) is 47.3 Å². The maximum atomic E-state index is 13.3. The molecule has 1 atom stereocenters. The van der Waals surface area contributed by atoms with Crippen LogP contribution in [0.5, 0.6) is 17.2 Å². The number of benzene rings is 2. The molecule has 0 saturated carbocycles.